The minimum atomic E-state index is -3.79. The monoisotopic (exact) mass is 244 g/mol. The molecule has 0 radical (unpaired) electrons. The van der Waals surface area contributed by atoms with Crippen LogP contribution in [0.3, 0.4) is 0 Å². The highest BCUT2D eigenvalue weighted by Crippen LogP contribution is 2.02. The molecule has 0 bridgehead atoms. The van der Waals surface area contributed by atoms with E-state index >= 15 is 0 Å². The van der Waals surface area contributed by atoms with Gasteiger partial charge in [-0.2, -0.15) is 0 Å². The SMILES string of the molecule is Cc1cccnc1CNS(=O)(=O)CC(=O)O. The first-order chi connectivity index (χ1) is 7.41. The van der Waals surface area contributed by atoms with Crippen molar-refractivity contribution in [1.82, 2.24) is 9.71 Å². The van der Waals surface area contributed by atoms with E-state index in [1.54, 1.807) is 25.3 Å². The highest BCUT2D eigenvalue weighted by molar-refractivity contribution is 7.90. The highest BCUT2D eigenvalue weighted by atomic mass is 32.2. The molecule has 7 heteroatoms. The Balaban J connectivity index is 2.65. The maximum atomic E-state index is 11.2. The number of aryl methyl sites for hydroxylation is 1. The molecule has 1 rings (SSSR count). The predicted molar refractivity (Wildman–Crippen MR) is 57.2 cm³/mol. The summed E-state index contributed by atoms with van der Waals surface area (Å²) in [6.07, 6.45) is 1.55. The minimum absolute atomic E-state index is 0.00227. The van der Waals surface area contributed by atoms with Gasteiger partial charge in [0.1, 0.15) is 0 Å². The van der Waals surface area contributed by atoms with E-state index in [-0.39, 0.29) is 6.54 Å². The molecule has 0 saturated heterocycles. The number of hydrogen-bond acceptors (Lipinski definition) is 4. The number of nitrogens with zero attached hydrogens (tertiary/aromatic N) is 1. The standard InChI is InChI=1S/C9H12N2O4S/c1-7-3-2-4-10-8(7)5-11-16(14,15)6-9(12)13/h2-4,11H,5-6H2,1H3,(H,12,13). The summed E-state index contributed by atoms with van der Waals surface area (Å²) in [5.41, 5.74) is 1.43. The van der Waals surface area contributed by atoms with Crippen LogP contribution in [0.15, 0.2) is 18.3 Å². The van der Waals surface area contributed by atoms with Gasteiger partial charge in [0.2, 0.25) is 10.0 Å². The molecule has 0 amide bonds. The van der Waals surface area contributed by atoms with E-state index in [9.17, 15) is 13.2 Å². The van der Waals surface area contributed by atoms with E-state index in [1.165, 1.54) is 0 Å². The average Bonchev–Trinajstić information content (AvgIpc) is 2.14. The molecule has 0 atom stereocenters. The van der Waals surface area contributed by atoms with Crippen LogP contribution in [0.2, 0.25) is 0 Å². The van der Waals surface area contributed by atoms with E-state index in [0.717, 1.165) is 5.56 Å². The zero-order chi connectivity index (χ0) is 12.2. The molecule has 6 nitrogen and oxygen atoms in total. The van der Waals surface area contributed by atoms with E-state index in [4.69, 9.17) is 5.11 Å². The van der Waals surface area contributed by atoms with Crippen molar-refractivity contribution in [2.45, 2.75) is 13.5 Å². The van der Waals surface area contributed by atoms with Crippen molar-refractivity contribution < 1.29 is 18.3 Å². The lowest BCUT2D eigenvalue weighted by Crippen LogP contribution is -2.30. The van der Waals surface area contributed by atoms with Gasteiger partial charge in [-0.3, -0.25) is 9.78 Å². The van der Waals surface area contributed by atoms with Crippen LogP contribution in [0.5, 0.6) is 0 Å². The van der Waals surface area contributed by atoms with Crippen molar-refractivity contribution in [3.63, 3.8) is 0 Å². The molecule has 1 heterocycles. The molecule has 0 aliphatic rings. The average molecular weight is 244 g/mol. The first kappa shape index (κ1) is 12.6. The summed E-state index contributed by atoms with van der Waals surface area (Å²) >= 11 is 0. The summed E-state index contributed by atoms with van der Waals surface area (Å²) in [4.78, 5) is 14.2. The Morgan fingerprint density at radius 1 is 1.56 bits per heavy atom. The van der Waals surface area contributed by atoms with Gasteiger partial charge in [-0.15, -0.1) is 0 Å². The lowest BCUT2D eigenvalue weighted by Gasteiger charge is -2.05. The van der Waals surface area contributed by atoms with Crippen molar-refractivity contribution in [3.05, 3.63) is 29.6 Å². The summed E-state index contributed by atoms with van der Waals surface area (Å²) in [6.45, 7) is 1.80. The molecule has 16 heavy (non-hydrogen) atoms. The Labute approximate surface area is 93.4 Å². The Morgan fingerprint density at radius 2 is 2.25 bits per heavy atom. The van der Waals surface area contributed by atoms with Gasteiger partial charge in [-0.1, -0.05) is 6.07 Å². The zero-order valence-corrected chi connectivity index (χ0v) is 9.49. The topological polar surface area (TPSA) is 96.4 Å². The van der Waals surface area contributed by atoms with E-state index in [1.807, 2.05) is 0 Å². The van der Waals surface area contributed by atoms with E-state index < -0.39 is 21.7 Å². The van der Waals surface area contributed by atoms with Crippen molar-refractivity contribution >= 4 is 16.0 Å². The molecule has 0 aromatic carbocycles. The largest absolute Gasteiger partial charge is 0.480 e. The maximum Gasteiger partial charge on any atom is 0.320 e. The molecule has 2 N–H and O–H groups in total. The number of sulfonamides is 1. The number of rotatable bonds is 5. The van der Waals surface area contributed by atoms with Crippen molar-refractivity contribution in [2.24, 2.45) is 0 Å². The summed E-state index contributed by atoms with van der Waals surface area (Å²) in [5, 5.41) is 8.37. The molecular weight excluding hydrogens is 232 g/mol. The number of aromatic nitrogens is 1. The second-order valence-corrected chi connectivity index (χ2v) is 5.05. The van der Waals surface area contributed by atoms with Gasteiger partial charge < -0.3 is 5.11 Å². The van der Waals surface area contributed by atoms with Gasteiger partial charge in [0.05, 0.1) is 12.2 Å². The quantitative estimate of drug-likeness (QED) is 0.753. The third-order valence-corrected chi connectivity index (χ3v) is 3.10. The number of carboxylic acid groups (broad SMARTS) is 1. The molecule has 88 valence electrons. The second kappa shape index (κ2) is 5.04. The Bertz CT molecular complexity index is 484. The minimum Gasteiger partial charge on any atom is -0.480 e. The van der Waals surface area contributed by atoms with Crippen LogP contribution >= 0.6 is 0 Å². The molecule has 1 aromatic rings. The van der Waals surface area contributed by atoms with Gasteiger partial charge >= 0.3 is 5.97 Å². The number of hydrogen-bond donors (Lipinski definition) is 2. The fraction of sp³-hybridized carbons (Fsp3) is 0.333. The summed E-state index contributed by atoms with van der Waals surface area (Å²) < 4.78 is 24.6. The van der Waals surface area contributed by atoms with Crippen LogP contribution in [-0.4, -0.2) is 30.2 Å². The number of aliphatic carboxylic acids is 1. The maximum absolute atomic E-state index is 11.2. The summed E-state index contributed by atoms with van der Waals surface area (Å²) in [6, 6.07) is 3.54. The zero-order valence-electron chi connectivity index (χ0n) is 8.67. The van der Waals surface area contributed by atoms with Crippen LogP contribution in [0, 0.1) is 6.92 Å². The van der Waals surface area contributed by atoms with Gasteiger partial charge in [0.15, 0.2) is 5.75 Å². The van der Waals surface area contributed by atoms with Crippen LogP contribution in [-0.2, 0) is 21.4 Å². The van der Waals surface area contributed by atoms with Crippen molar-refractivity contribution in [3.8, 4) is 0 Å². The van der Waals surface area contributed by atoms with Crippen molar-refractivity contribution in [1.29, 1.82) is 0 Å². The normalized spacial score (nSPS) is 11.3. The van der Waals surface area contributed by atoms with Gasteiger partial charge in [0.25, 0.3) is 0 Å². The lowest BCUT2D eigenvalue weighted by atomic mass is 10.2. The third-order valence-electron chi connectivity index (χ3n) is 1.89. The number of nitrogens with one attached hydrogen (secondary N) is 1. The molecule has 0 unspecified atom stereocenters. The molecule has 1 aromatic heterocycles. The second-order valence-electron chi connectivity index (χ2n) is 3.24. The first-order valence-electron chi connectivity index (χ1n) is 4.50. The molecular formula is C9H12N2O4S. The molecule has 0 spiro atoms. The van der Waals surface area contributed by atoms with Gasteiger partial charge in [0, 0.05) is 6.20 Å². The molecule has 0 aliphatic heterocycles. The summed E-state index contributed by atoms with van der Waals surface area (Å²) in [7, 11) is -3.79. The molecule has 0 saturated carbocycles. The van der Waals surface area contributed by atoms with E-state index in [0.29, 0.717) is 5.69 Å². The fourth-order valence-corrected chi connectivity index (χ4v) is 1.88. The molecule has 0 aliphatic carbocycles. The summed E-state index contributed by atoms with van der Waals surface area (Å²) in [5.74, 6) is -2.32. The number of carbonyl (C=O) groups is 1. The fourth-order valence-electron chi connectivity index (χ4n) is 1.10. The van der Waals surface area contributed by atoms with Crippen LogP contribution in [0.25, 0.3) is 0 Å². The predicted octanol–water partition coefficient (Wildman–Crippen LogP) is -0.106. The number of carboxylic acids is 1. The third kappa shape index (κ3) is 3.95. The van der Waals surface area contributed by atoms with Gasteiger partial charge in [-0.05, 0) is 18.6 Å². The van der Waals surface area contributed by atoms with Crippen LogP contribution < -0.4 is 4.72 Å². The first-order valence-corrected chi connectivity index (χ1v) is 6.15. The lowest BCUT2D eigenvalue weighted by molar-refractivity contribution is -0.134. The van der Waals surface area contributed by atoms with Crippen LogP contribution in [0.4, 0.5) is 0 Å². The Hall–Kier alpha value is -1.47. The smallest absolute Gasteiger partial charge is 0.320 e. The Kier molecular flexibility index (Phi) is 3.97. The van der Waals surface area contributed by atoms with Crippen molar-refractivity contribution in [2.75, 3.05) is 5.75 Å². The van der Waals surface area contributed by atoms with E-state index in [2.05, 4.69) is 9.71 Å². The number of pyridine rings is 1. The molecule has 0 fully saturated rings. The highest BCUT2D eigenvalue weighted by Gasteiger charge is 2.15. The Morgan fingerprint density at radius 3 is 2.81 bits per heavy atom. The van der Waals surface area contributed by atoms with Gasteiger partial charge in [-0.25, -0.2) is 13.1 Å². The van der Waals surface area contributed by atoms with Crippen LogP contribution in [0.1, 0.15) is 11.3 Å².